The number of benzene rings is 4. The predicted molar refractivity (Wildman–Crippen MR) is 205 cm³/mol. The Balaban J connectivity index is 1.10. The summed E-state index contributed by atoms with van der Waals surface area (Å²) in [5.41, 5.74) is 3.91. The van der Waals surface area contributed by atoms with Gasteiger partial charge in [0.25, 0.3) is 11.5 Å². The summed E-state index contributed by atoms with van der Waals surface area (Å²) in [5.74, 6) is -0.839. The Labute approximate surface area is 310 Å². The number of amides is 2. The van der Waals surface area contributed by atoms with E-state index in [1.807, 2.05) is 105 Å². The number of carbonyl (C=O) groups excluding carboxylic acids is 2. The second-order valence-corrected chi connectivity index (χ2v) is 19.8. The fourth-order valence-electron chi connectivity index (χ4n) is 8.91. The van der Waals surface area contributed by atoms with Crippen molar-refractivity contribution in [2.75, 3.05) is 11.5 Å². The standard InChI is InChI=1S/C40H41BrN4O6Si/c1-24-37(52(2,3)50)35(20-36(47)43-22-27-9-5-4-8-26(27)18-30(43)23-46)51-40(24)32-19-28(41)14-17-34(32)44(39(40)49)21-25-12-15-29(16-13-25)45-38(48)31-10-6-7-11-33(31)42-45/h4-17,19,24,30,35,37,42,46,50H,18,20-23H2,1-3H3/t24-,30-,35+,37-,40+/m0/s1. The first-order chi connectivity index (χ1) is 24.9. The Hall–Kier alpha value is -4.33. The highest BCUT2D eigenvalue weighted by Crippen LogP contribution is 2.60. The smallest absolute Gasteiger partial charge is 0.279 e. The van der Waals surface area contributed by atoms with E-state index in [0.29, 0.717) is 35.3 Å². The van der Waals surface area contributed by atoms with E-state index in [1.165, 1.54) is 4.68 Å². The fraction of sp³-hybridized carbons (Fsp3) is 0.325. The first-order valence-corrected chi connectivity index (χ1v) is 21.5. The summed E-state index contributed by atoms with van der Waals surface area (Å²) in [5, 5.41) is 14.1. The van der Waals surface area contributed by atoms with Crippen LogP contribution in [0.3, 0.4) is 0 Å². The number of H-pyrrole nitrogens is 1. The van der Waals surface area contributed by atoms with E-state index >= 15 is 0 Å². The number of anilines is 1. The zero-order valence-electron chi connectivity index (χ0n) is 29.3. The minimum absolute atomic E-state index is 0.0163. The molecular weight excluding hydrogens is 740 g/mol. The van der Waals surface area contributed by atoms with Crippen LogP contribution in [0.2, 0.25) is 18.6 Å². The van der Waals surface area contributed by atoms with Crippen molar-refractivity contribution in [1.82, 2.24) is 14.7 Å². The predicted octanol–water partition coefficient (Wildman–Crippen LogP) is 5.76. The van der Waals surface area contributed by atoms with Crippen molar-refractivity contribution < 1.29 is 24.2 Å². The van der Waals surface area contributed by atoms with Crippen LogP contribution in [-0.4, -0.2) is 63.5 Å². The molecule has 3 aliphatic heterocycles. The number of halogens is 1. The highest BCUT2D eigenvalue weighted by Gasteiger charge is 2.66. The third-order valence-corrected chi connectivity index (χ3v) is 14.3. The molecule has 0 bridgehead atoms. The van der Waals surface area contributed by atoms with Crippen molar-refractivity contribution in [3.63, 3.8) is 0 Å². The molecule has 0 unspecified atom stereocenters. The van der Waals surface area contributed by atoms with Gasteiger partial charge in [0.05, 0.1) is 54.0 Å². The summed E-state index contributed by atoms with van der Waals surface area (Å²) in [6, 6.07) is 28.2. The van der Waals surface area contributed by atoms with Crippen molar-refractivity contribution in [2.24, 2.45) is 5.92 Å². The van der Waals surface area contributed by atoms with Gasteiger partial charge in [-0.15, -0.1) is 0 Å². The van der Waals surface area contributed by atoms with Crippen molar-refractivity contribution >= 4 is 52.7 Å². The summed E-state index contributed by atoms with van der Waals surface area (Å²) in [6.07, 6.45) is -0.171. The second-order valence-electron chi connectivity index (χ2n) is 14.9. The van der Waals surface area contributed by atoms with Gasteiger partial charge in [-0.1, -0.05) is 71.4 Å². The van der Waals surface area contributed by atoms with Gasteiger partial charge in [-0.25, -0.2) is 4.68 Å². The molecule has 1 fully saturated rings. The topological polar surface area (TPSA) is 128 Å². The molecule has 0 saturated carbocycles. The number of hydrogen-bond acceptors (Lipinski definition) is 6. The molecule has 5 aromatic rings. The van der Waals surface area contributed by atoms with Crippen LogP contribution in [0.25, 0.3) is 16.6 Å². The highest BCUT2D eigenvalue weighted by molar-refractivity contribution is 9.10. The number of aromatic amines is 1. The number of ether oxygens (including phenoxy) is 1. The van der Waals surface area contributed by atoms with Crippen LogP contribution in [0.15, 0.2) is 100 Å². The number of aromatic nitrogens is 2. The van der Waals surface area contributed by atoms with Crippen molar-refractivity contribution in [3.8, 4) is 5.69 Å². The van der Waals surface area contributed by atoms with Gasteiger partial charge in [-0.3, -0.25) is 19.5 Å². The molecule has 10 nitrogen and oxygen atoms in total. The summed E-state index contributed by atoms with van der Waals surface area (Å²) in [4.78, 5) is 57.3. The molecule has 4 aromatic carbocycles. The van der Waals surface area contributed by atoms with Crippen molar-refractivity contribution in [2.45, 2.75) is 69.2 Å². The number of para-hydroxylation sites is 1. The number of hydrogen-bond donors (Lipinski definition) is 3. The average molecular weight is 782 g/mol. The Kier molecular flexibility index (Phi) is 8.66. The maximum atomic E-state index is 14.9. The number of nitrogens with zero attached hydrogens (tertiary/aromatic N) is 3. The molecule has 52 heavy (non-hydrogen) atoms. The summed E-state index contributed by atoms with van der Waals surface area (Å²) in [6.45, 7) is 6.14. The van der Waals surface area contributed by atoms with E-state index in [9.17, 15) is 24.3 Å². The lowest BCUT2D eigenvalue weighted by Crippen LogP contribution is -2.48. The van der Waals surface area contributed by atoms with Crippen LogP contribution in [-0.2, 0) is 39.4 Å². The average Bonchev–Trinajstić information content (AvgIpc) is 3.71. The SMILES string of the molecule is C[C@H]1[C@H]([Si](C)(C)O)[C@@H](CC(=O)N2Cc3ccccc3C[C@H]2CO)O[C@]12C(=O)N(Cc1ccc(-n3[nH]c4ccccc4c3=O)cc1)c1ccc(Br)cc12. The van der Waals surface area contributed by atoms with Crippen LogP contribution in [0.4, 0.5) is 5.69 Å². The summed E-state index contributed by atoms with van der Waals surface area (Å²) < 4.78 is 9.26. The number of nitrogens with one attached hydrogen (secondary N) is 1. The Morgan fingerprint density at radius 2 is 1.71 bits per heavy atom. The third-order valence-electron chi connectivity index (χ3n) is 11.3. The third kappa shape index (κ3) is 5.59. The van der Waals surface area contributed by atoms with Crippen molar-refractivity contribution in [3.05, 3.63) is 128 Å². The number of fused-ring (bicyclic) bond motifs is 4. The maximum absolute atomic E-state index is 14.9. The number of carbonyl (C=O) groups is 2. The van der Waals surface area contributed by atoms with Gasteiger partial charge < -0.3 is 24.4 Å². The Morgan fingerprint density at radius 3 is 2.42 bits per heavy atom. The zero-order chi connectivity index (χ0) is 36.5. The lowest BCUT2D eigenvalue weighted by atomic mass is 9.82. The van der Waals surface area contributed by atoms with Crippen LogP contribution in [0, 0.1) is 5.92 Å². The molecule has 3 aliphatic rings. The maximum Gasteiger partial charge on any atom is 0.279 e. The highest BCUT2D eigenvalue weighted by atomic mass is 79.9. The van der Waals surface area contributed by atoms with Crippen LogP contribution in [0.5, 0.6) is 0 Å². The summed E-state index contributed by atoms with van der Waals surface area (Å²) in [7, 11) is -3.02. The molecule has 4 heterocycles. The summed E-state index contributed by atoms with van der Waals surface area (Å²) >= 11 is 3.62. The van der Waals surface area contributed by atoms with Gasteiger partial charge in [0.2, 0.25) is 5.91 Å². The van der Waals surface area contributed by atoms with Gasteiger partial charge in [0.1, 0.15) is 0 Å². The molecule has 8 rings (SSSR count). The van der Waals surface area contributed by atoms with Crippen LogP contribution >= 0.6 is 15.9 Å². The zero-order valence-corrected chi connectivity index (χ0v) is 31.8. The molecule has 1 aromatic heterocycles. The lowest BCUT2D eigenvalue weighted by molar-refractivity contribution is -0.151. The molecule has 0 radical (unpaired) electrons. The fourth-order valence-corrected chi connectivity index (χ4v) is 11.8. The molecule has 12 heteroatoms. The van der Waals surface area contributed by atoms with Crippen molar-refractivity contribution in [1.29, 1.82) is 0 Å². The Morgan fingerprint density at radius 1 is 1.00 bits per heavy atom. The first-order valence-electron chi connectivity index (χ1n) is 17.7. The van der Waals surface area contributed by atoms with Gasteiger partial charge in [0, 0.05) is 28.0 Å². The minimum Gasteiger partial charge on any atom is -0.432 e. The monoisotopic (exact) mass is 780 g/mol. The van der Waals surface area contributed by atoms with E-state index in [4.69, 9.17) is 4.74 Å². The molecular formula is C40H41BrN4O6Si. The molecule has 1 saturated heterocycles. The number of rotatable bonds is 7. The number of aliphatic hydroxyl groups excluding tert-OH is 1. The largest absolute Gasteiger partial charge is 0.432 e. The second kappa shape index (κ2) is 13.0. The molecule has 1 spiro atoms. The van der Waals surface area contributed by atoms with Gasteiger partial charge >= 0.3 is 0 Å². The first kappa shape index (κ1) is 34.7. The molecule has 0 aliphatic carbocycles. The van der Waals surface area contributed by atoms with E-state index in [-0.39, 0.29) is 43.0 Å². The van der Waals surface area contributed by atoms with Crippen LogP contribution in [0.1, 0.15) is 35.6 Å². The van der Waals surface area contributed by atoms with Gasteiger partial charge in [0.15, 0.2) is 13.9 Å². The molecule has 3 N–H and O–H groups in total. The lowest BCUT2D eigenvalue weighted by Gasteiger charge is -2.37. The van der Waals surface area contributed by atoms with Crippen LogP contribution < -0.4 is 10.5 Å². The quantitative estimate of drug-likeness (QED) is 0.180. The molecule has 268 valence electrons. The van der Waals surface area contributed by atoms with Gasteiger partial charge in [-0.2, -0.15) is 0 Å². The van der Waals surface area contributed by atoms with E-state index < -0.39 is 31.5 Å². The number of aliphatic hydroxyl groups is 1. The van der Waals surface area contributed by atoms with E-state index in [2.05, 4.69) is 21.0 Å². The van der Waals surface area contributed by atoms with E-state index in [0.717, 1.165) is 26.7 Å². The van der Waals surface area contributed by atoms with Gasteiger partial charge in [-0.05, 0) is 78.7 Å². The molecule has 2 amide bonds. The van der Waals surface area contributed by atoms with E-state index in [1.54, 1.807) is 15.9 Å². The Bertz CT molecular complexity index is 2260. The minimum atomic E-state index is -3.02. The normalized spacial score (nSPS) is 24.2. The molecule has 5 atom stereocenters.